The van der Waals surface area contributed by atoms with Gasteiger partial charge >= 0.3 is 10.3 Å². The monoisotopic (exact) mass is 523 g/mol. The lowest BCUT2D eigenvalue weighted by atomic mass is 9.80. The largest absolute Gasteiger partial charge is 0.384 e. The summed E-state index contributed by atoms with van der Waals surface area (Å²) in [6.07, 6.45) is 4.03. The standard InChI is InChI=1S/C25H37N3O5S2/c1-19-7-13-22(14-8-19)33-35(30,31)28(4)15-16-32-18-24(29)26-21-11-9-20(10-12-21)25(27(2)3)23-6-5-17-34-23/h5-8,13-14,17,20-21,25H,9-12,15-16,18H2,1-4H3,(H,26,29). The van der Waals surface area contributed by atoms with Crippen molar-refractivity contribution in [1.82, 2.24) is 14.5 Å². The van der Waals surface area contributed by atoms with Crippen molar-refractivity contribution in [3.8, 4) is 5.75 Å². The molecule has 1 heterocycles. The fraction of sp³-hybridized carbons (Fsp3) is 0.560. The molecule has 194 valence electrons. The molecule has 3 rings (SSSR count). The smallest absolute Gasteiger partial charge is 0.371 e. The van der Waals surface area contributed by atoms with Gasteiger partial charge in [-0.15, -0.1) is 11.3 Å². The quantitative estimate of drug-likeness (QED) is 0.428. The average Bonchev–Trinajstić information content (AvgIpc) is 3.33. The molecular weight excluding hydrogens is 486 g/mol. The molecule has 1 amide bonds. The van der Waals surface area contributed by atoms with E-state index in [0.717, 1.165) is 35.6 Å². The molecule has 0 bridgehead atoms. The average molecular weight is 524 g/mol. The molecule has 10 heteroatoms. The van der Waals surface area contributed by atoms with Crippen LogP contribution in [0.2, 0.25) is 0 Å². The second-order valence-corrected chi connectivity index (χ2v) is 12.0. The normalized spacial score (nSPS) is 19.6. The van der Waals surface area contributed by atoms with Crippen LogP contribution in [0.15, 0.2) is 41.8 Å². The van der Waals surface area contributed by atoms with Crippen molar-refractivity contribution in [1.29, 1.82) is 0 Å². The Morgan fingerprint density at radius 2 is 1.80 bits per heavy atom. The van der Waals surface area contributed by atoms with Crippen LogP contribution in [0.1, 0.15) is 42.2 Å². The van der Waals surface area contributed by atoms with Gasteiger partial charge in [0.2, 0.25) is 5.91 Å². The van der Waals surface area contributed by atoms with Crippen molar-refractivity contribution in [2.75, 3.05) is 40.9 Å². The lowest BCUT2D eigenvalue weighted by molar-refractivity contribution is -0.126. The Morgan fingerprint density at radius 1 is 1.11 bits per heavy atom. The minimum Gasteiger partial charge on any atom is -0.371 e. The number of nitrogens with one attached hydrogen (secondary N) is 1. The first-order valence-corrected chi connectivity index (χ1v) is 14.2. The van der Waals surface area contributed by atoms with E-state index in [4.69, 9.17) is 8.92 Å². The zero-order valence-corrected chi connectivity index (χ0v) is 22.6. The third kappa shape index (κ3) is 8.28. The molecule has 0 radical (unpaired) electrons. The summed E-state index contributed by atoms with van der Waals surface area (Å²) in [5.74, 6) is 0.662. The molecule has 0 saturated heterocycles. The maximum Gasteiger partial charge on any atom is 0.384 e. The third-order valence-electron chi connectivity index (χ3n) is 6.36. The van der Waals surface area contributed by atoms with Crippen LogP contribution >= 0.6 is 11.3 Å². The van der Waals surface area contributed by atoms with E-state index in [1.807, 2.05) is 6.92 Å². The molecule has 1 aromatic heterocycles. The Kier molecular flexibility index (Phi) is 10.1. The Morgan fingerprint density at radius 3 is 2.40 bits per heavy atom. The summed E-state index contributed by atoms with van der Waals surface area (Å²) in [5, 5.41) is 5.19. The minimum atomic E-state index is -3.93. The van der Waals surface area contributed by atoms with Gasteiger partial charge in [-0.05, 0) is 76.2 Å². The summed E-state index contributed by atoms with van der Waals surface area (Å²) in [6.45, 7) is 2.00. The Hall–Kier alpha value is -1.98. The number of carbonyl (C=O) groups excluding carboxylic acids is 1. The molecule has 1 unspecified atom stereocenters. The van der Waals surface area contributed by atoms with Crippen LogP contribution in [0.25, 0.3) is 0 Å². The summed E-state index contributed by atoms with van der Waals surface area (Å²) < 4.78 is 36.3. The maximum atomic E-state index is 12.3. The highest BCUT2D eigenvalue weighted by molar-refractivity contribution is 7.84. The highest BCUT2D eigenvalue weighted by atomic mass is 32.2. The molecule has 1 atom stereocenters. The number of likely N-dealkylation sites (N-methyl/N-ethyl adjacent to an activating group) is 1. The summed E-state index contributed by atoms with van der Waals surface area (Å²) in [6, 6.07) is 11.7. The highest BCUT2D eigenvalue weighted by Gasteiger charge is 2.31. The van der Waals surface area contributed by atoms with E-state index in [2.05, 4.69) is 41.8 Å². The van der Waals surface area contributed by atoms with Crippen molar-refractivity contribution in [2.45, 2.75) is 44.7 Å². The molecule has 1 aliphatic carbocycles. The molecule has 0 aliphatic heterocycles. The zero-order chi connectivity index (χ0) is 25.4. The predicted octanol–water partition coefficient (Wildman–Crippen LogP) is 3.61. The zero-order valence-electron chi connectivity index (χ0n) is 21.0. The van der Waals surface area contributed by atoms with Gasteiger partial charge in [0.15, 0.2) is 0 Å². The molecular formula is C25H37N3O5S2. The minimum absolute atomic E-state index is 0.0846. The number of hydrogen-bond acceptors (Lipinski definition) is 7. The molecule has 1 fully saturated rings. The van der Waals surface area contributed by atoms with Crippen LogP contribution in [0, 0.1) is 12.8 Å². The summed E-state index contributed by atoms with van der Waals surface area (Å²) in [4.78, 5) is 16.0. The lowest BCUT2D eigenvalue weighted by Crippen LogP contribution is -2.41. The molecule has 1 N–H and O–H groups in total. The second-order valence-electron chi connectivity index (χ2n) is 9.33. The number of aryl methyl sites for hydroxylation is 1. The third-order valence-corrected chi connectivity index (χ3v) is 8.65. The molecule has 1 aliphatic rings. The Bertz CT molecular complexity index is 1020. The van der Waals surface area contributed by atoms with E-state index in [0.29, 0.717) is 12.0 Å². The Labute approximate surface area is 213 Å². The number of amides is 1. The van der Waals surface area contributed by atoms with E-state index in [9.17, 15) is 13.2 Å². The fourth-order valence-corrected chi connectivity index (χ4v) is 6.26. The van der Waals surface area contributed by atoms with Gasteiger partial charge in [-0.1, -0.05) is 23.8 Å². The van der Waals surface area contributed by atoms with Crippen molar-refractivity contribution < 1.29 is 22.1 Å². The van der Waals surface area contributed by atoms with Crippen LogP contribution in [0.4, 0.5) is 0 Å². The van der Waals surface area contributed by atoms with Gasteiger partial charge in [0.1, 0.15) is 12.4 Å². The van der Waals surface area contributed by atoms with Crippen molar-refractivity contribution >= 4 is 27.5 Å². The molecule has 1 saturated carbocycles. The van der Waals surface area contributed by atoms with E-state index in [1.54, 1.807) is 35.6 Å². The topological polar surface area (TPSA) is 88.2 Å². The van der Waals surface area contributed by atoms with Gasteiger partial charge < -0.3 is 19.1 Å². The Balaban J connectivity index is 1.34. The first-order chi connectivity index (χ1) is 16.7. The number of ether oxygens (including phenoxy) is 1. The van der Waals surface area contributed by atoms with Gasteiger partial charge in [0, 0.05) is 30.6 Å². The van der Waals surface area contributed by atoms with Crippen LogP contribution in [-0.4, -0.2) is 70.5 Å². The van der Waals surface area contributed by atoms with E-state index in [1.165, 1.54) is 11.9 Å². The van der Waals surface area contributed by atoms with E-state index < -0.39 is 10.3 Å². The van der Waals surface area contributed by atoms with Crippen molar-refractivity contribution in [3.63, 3.8) is 0 Å². The van der Waals surface area contributed by atoms with Gasteiger partial charge in [-0.3, -0.25) is 4.79 Å². The SMILES string of the molecule is Cc1ccc(OS(=O)(=O)N(C)CCOCC(=O)NC2CCC(C(c3cccs3)N(C)C)CC2)cc1. The van der Waals surface area contributed by atoms with Gasteiger partial charge in [-0.2, -0.15) is 12.7 Å². The molecule has 2 aromatic rings. The predicted molar refractivity (Wildman–Crippen MR) is 139 cm³/mol. The maximum absolute atomic E-state index is 12.3. The summed E-state index contributed by atoms with van der Waals surface area (Å²) in [5.41, 5.74) is 1.01. The van der Waals surface area contributed by atoms with Gasteiger partial charge in [0.05, 0.1) is 6.61 Å². The molecule has 0 spiro atoms. The first kappa shape index (κ1) is 27.6. The van der Waals surface area contributed by atoms with Crippen LogP contribution in [0.5, 0.6) is 5.75 Å². The number of nitrogens with zero attached hydrogens (tertiary/aromatic N) is 2. The van der Waals surface area contributed by atoms with Gasteiger partial charge in [-0.25, -0.2) is 0 Å². The fourth-order valence-electron chi connectivity index (χ4n) is 4.47. The first-order valence-electron chi connectivity index (χ1n) is 11.9. The highest BCUT2D eigenvalue weighted by Crippen LogP contribution is 2.39. The number of rotatable bonds is 12. The van der Waals surface area contributed by atoms with Crippen LogP contribution in [0.3, 0.4) is 0 Å². The van der Waals surface area contributed by atoms with Gasteiger partial charge in [0.25, 0.3) is 0 Å². The summed E-state index contributed by atoms with van der Waals surface area (Å²) in [7, 11) is 1.75. The molecule has 8 nitrogen and oxygen atoms in total. The second kappa shape index (κ2) is 12.8. The molecule has 1 aromatic carbocycles. The number of carbonyl (C=O) groups is 1. The van der Waals surface area contributed by atoms with E-state index >= 15 is 0 Å². The number of hydrogen-bond donors (Lipinski definition) is 1. The van der Waals surface area contributed by atoms with Crippen molar-refractivity contribution in [3.05, 3.63) is 52.2 Å². The van der Waals surface area contributed by atoms with E-state index in [-0.39, 0.29) is 37.5 Å². The van der Waals surface area contributed by atoms with Crippen LogP contribution < -0.4 is 9.50 Å². The van der Waals surface area contributed by atoms with Crippen LogP contribution in [-0.2, 0) is 19.8 Å². The summed E-state index contributed by atoms with van der Waals surface area (Å²) >= 11 is 1.80. The molecule has 35 heavy (non-hydrogen) atoms. The number of thiophene rings is 1. The number of benzene rings is 1. The van der Waals surface area contributed by atoms with Crippen molar-refractivity contribution in [2.24, 2.45) is 5.92 Å². The lowest BCUT2D eigenvalue weighted by Gasteiger charge is -2.37.